The third kappa shape index (κ3) is 5.67. The number of rotatable bonds is 4. The van der Waals surface area contributed by atoms with Gasteiger partial charge in [0.15, 0.2) is 0 Å². The van der Waals surface area contributed by atoms with Crippen molar-refractivity contribution < 1.29 is 4.74 Å². The smallest absolute Gasteiger partial charge is 0.0896 e. The van der Waals surface area contributed by atoms with Gasteiger partial charge in [-0.15, -0.1) is 0 Å². The zero-order valence-corrected chi connectivity index (χ0v) is 7.48. The quantitative estimate of drug-likeness (QED) is 0.548. The van der Waals surface area contributed by atoms with Crippen molar-refractivity contribution in [1.29, 1.82) is 0 Å². The van der Waals surface area contributed by atoms with E-state index in [1.807, 2.05) is 6.26 Å². The summed E-state index contributed by atoms with van der Waals surface area (Å²) >= 11 is 0. The van der Waals surface area contributed by atoms with E-state index >= 15 is 0 Å². The van der Waals surface area contributed by atoms with Gasteiger partial charge in [-0.3, -0.25) is 0 Å². The maximum atomic E-state index is 5.29. The van der Waals surface area contributed by atoms with Crippen molar-refractivity contribution in [3.8, 4) is 0 Å². The van der Waals surface area contributed by atoms with Gasteiger partial charge in [0.25, 0.3) is 0 Å². The van der Waals surface area contributed by atoms with Gasteiger partial charge in [-0.2, -0.15) is 0 Å². The predicted octanol–water partition coefficient (Wildman–Crippen LogP) is 2.97. The first-order valence-corrected chi connectivity index (χ1v) is 3.94. The van der Waals surface area contributed by atoms with E-state index < -0.39 is 0 Å². The van der Waals surface area contributed by atoms with Crippen LogP contribution in [0.15, 0.2) is 11.8 Å². The van der Waals surface area contributed by atoms with Crippen LogP contribution in [0.4, 0.5) is 0 Å². The summed E-state index contributed by atoms with van der Waals surface area (Å²) in [6.07, 6.45) is 2.94. The summed E-state index contributed by atoms with van der Waals surface area (Å²) in [4.78, 5) is 0. The fourth-order valence-electron chi connectivity index (χ4n) is 0.466. The predicted molar refractivity (Wildman–Crippen MR) is 44.8 cm³/mol. The number of hydrogen-bond acceptors (Lipinski definition) is 1. The Kier molecular flexibility index (Phi) is 5.09. The van der Waals surface area contributed by atoms with Gasteiger partial charge in [0.05, 0.1) is 12.9 Å². The molecule has 0 N–H and O–H groups in total. The molecule has 0 aliphatic carbocycles. The molecule has 0 aromatic rings. The van der Waals surface area contributed by atoms with Gasteiger partial charge in [-0.05, 0) is 24.8 Å². The minimum atomic E-state index is 0.626. The lowest BCUT2D eigenvalue weighted by atomic mass is 10.2. The molecule has 0 aromatic heterocycles. The van der Waals surface area contributed by atoms with Gasteiger partial charge in [0, 0.05) is 0 Å². The van der Waals surface area contributed by atoms with Gasteiger partial charge in [0.1, 0.15) is 0 Å². The SMILES string of the molecule is CCC(C)=COCC(C)C. The summed E-state index contributed by atoms with van der Waals surface area (Å²) in [7, 11) is 0. The molecule has 0 amide bonds. The van der Waals surface area contributed by atoms with Crippen molar-refractivity contribution in [3.63, 3.8) is 0 Å². The zero-order chi connectivity index (χ0) is 7.98. The topological polar surface area (TPSA) is 9.23 Å². The van der Waals surface area contributed by atoms with Crippen molar-refractivity contribution in [1.82, 2.24) is 0 Å². The molecule has 0 aromatic carbocycles. The van der Waals surface area contributed by atoms with Crippen LogP contribution in [-0.2, 0) is 4.74 Å². The molecule has 0 aliphatic heterocycles. The molecule has 0 heterocycles. The first kappa shape index (κ1) is 9.54. The molecule has 10 heavy (non-hydrogen) atoms. The molecule has 60 valence electrons. The van der Waals surface area contributed by atoms with Gasteiger partial charge >= 0.3 is 0 Å². The summed E-state index contributed by atoms with van der Waals surface area (Å²) in [6, 6.07) is 0. The molecule has 0 fully saturated rings. The largest absolute Gasteiger partial charge is 0.501 e. The molecule has 0 saturated carbocycles. The molecule has 0 atom stereocenters. The Bertz CT molecular complexity index is 103. The van der Waals surface area contributed by atoms with E-state index in [2.05, 4.69) is 27.7 Å². The number of allylic oxidation sites excluding steroid dienone is 1. The summed E-state index contributed by atoms with van der Waals surface area (Å²) in [5.41, 5.74) is 1.31. The monoisotopic (exact) mass is 142 g/mol. The second kappa shape index (κ2) is 5.33. The first-order valence-electron chi connectivity index (χ1n) is 3.94. The van der Waals surface area contributed by atoms with E-state index in [4.69, 9.17) is 4.74 Å². The fraction of sp³-hybridized carbons (Fsp3) is 0.778. The van der Waals surface area contributed by atoms with Crippen molar-refractivity contribution in [2.45, 2.75) is 34.1 Å². The lowest BCUT2D eigenvalue weighted by Gasteiger charge is -2.04. The van der Waals surface area contributed by atoms with Crippen LogP contribution in [0.3, 0.4) is 0 Å². The lowest BCUT2D eigenvalue weighted by molar-refractivity contribution is 0.208. The Labute approximate surface area is 64.1 Å². The Morgan fingerprint density at radius 1 is 1.50 bits per heavy atom. The van der Waals surface area contributed by atoms with Crippen LogP contribution in [-0.4, -0.2) is 6.61 Å². The summed E-state index contributed by atoms with van der Waals surface area (Å²) in [5, 5.41) is 0. The lowest BCUT2D eigenvalue weighted by Crippen LogP contribution is -1.96. The van der Waals surface area contributed by atoms with Gasteiger partial charge < -0.3 is 4.74 Å². The van der Waals surface area contributed by atoms with E-state index in [0.29, 0.717) is 5.92 Å². The van der Waals surface area contributed by atoms with E-state index in [1.54, 1.807) is 0 Å². The molecular formula is C9H18O. The first-order chi connectivity index (χ1) is 4.66. The molecule has 1 heteroatoms. The highest BCUT2D eigenvalue weighted by atomic mass is 16.5. The Morgan fingerprint density at radius 2 is 2.10 bits per heavy atom. The molecule has 0 bridgehead atoms. The molecule has 0 radical (unpaired) electrons. The average Bonchev–Trinajstić information content (AvgIpc) is 1.87. The highest BCUT2D eigenvalue weighted by molar-refractivity contribution is 4.90. The molecular weight excluding hydrogens is 124 g/mol. The summed E-state index contributed by atoms with van der Waals surface area (Å²) in [6.45, 7) is 9.34. The molecule has 0 saturated heterocycles. The van der Waals surface area contributed by atoms with Gasteiger partial charge in [0.2, 0.25) is 0 Å². The molecule has 0 rings (SSSR count). The van der Waals surface area contributed by atoms with Crippen LogP contribution in [0.1, 0.15) is 34.1 Å². The fourth-order valence-corrected chi connectivity index (χ4v) is 0.466. The average molecular weight is 142 g/mol. The van der Waals surface area contributed by atoms with Crippen LogP contribution in [0.5, 0.6) is 0 Å². The highest BCUT2D eigenvalue weighted by Crippen LogP contribution is 1.99. The third-order valence-corrected chi connectivity index (χ3v) is 1.27. The minimum Gasteiger partial charge on any atom is -0.501 e. The Balaban J connectivity index is 3.34. The maximum Gasteiger partial charge on any atom is 0.0896 e. The standard InChI is InChI=1S/C9H18O/c1-5-9(4)7-10-6-8(2)3/h7-8H,5-6H2,1-4H3. The van der Waals surface area contributed by atoms with Crippen LogP contribution in [0, 0.1) is 5.92 Å². The van der Waals surface area contributed by atoms with Crippen LogP contribution in [0.25, 0.3) is 0 Å². The van der Waals surface area contributed by atoms with Gasteiger partial charge in [-0.1, -0.05) is 20.8 Å². The van der Waals surface area contributed by atoms with E-state index in [-0.39, 0.29) is 0 Å². The van der Waals surface area contributed by atoms with Crippen LogP contribution < -0.4 is 0 Å². The van der Waals surface area contributed by atoms with Gasteiger partial charge in [-0.25, -0.2) is 0 Å². The number of ether oxygens (including phenoxy) is 1. The highest BCUT2D eigenvalue weighted by Gasteiger charge is 1.90. The molecule has 0 aliphatic rings. The summed E-state index contributed by atoms with van der Waals surface area (Å²) in [5.74, 6) is 0.626. The van der Waals surface area contributed by atoms with Crippen LogP contribution >= 0.6 is 0 Å². The van der Waals surface area contributed by atoms with Crippen molar-refractivity contribution in [2.24, 2.45) is 5.92 Å². The normalized spacial score (nSPS) is 12.3. The number of hydrogen-bond donors (Lipinski definition) is 0. The molecule has 1 nitrogen and oxygen atoms in total. The molecule has 0 spiro atoms. The van der Waals surface area contributed by atoms with Crippen molar-refractivity contribution in [2.75, 3.05) is 6.61 Å². The van der Waals surface area contributed by atoms with E-state index in [0.717, 1.165) is 13.0 Å². The Morgan fingerprint density at radius 3 is 2.50 bits per heavy atom. The maximum absolute atomic E-state index is 5.29. The second-order valence-electron chi connectivity index (χ2n) is 3.04. The van der Waals surface area contributed by atoms with Crippen LogP contribution in [0.2, 0.25) is 0 Å². The van der Waals surface area contributed by atoms with Crippen molar-refractivity contribution in [3.05, 3.63) is 11.8 Å². The van der Waals surface area contributed by atoms with E-state index in [1.165, 1.54) is 5.57 Å². The molecule has 0 unspecified atom stereocenters. The summed E-state index contributed by atoms with van der Waals surface area (Å²) < 4.78 is 5.29. The zero-order valence-electron chi connectivity index (χ0n) is 7.48. The van der Waals surface area contributed by atoms with Crippen molar-refractivity contribution >= 4 is 0 Å². The van der Waals surface area contributed by atoms with E-state index in [9.17, 15) is 0 Å². The Hall–Kier alpha value is -0.460. The third-order valence-electron chi connectivity index (χ3n) is 1.27. The minimum absolute atomic E-state index is 0.626. The second-order valence-corrected chi connectivity index (χ2v) is 3.04.